The molecule has 4 aromatic heterocycles. The van der Waals surface area contributed by atoms with Crippen LogP contribution in [-0.4, -0.2) is 128 Å². The van der Waals surface area contributed by atoms with Gasteiger partial charge in [0, 0.05) is 107 Å². The lowest BCUT2D eigenvalue weighted by Crippen LogP contribution is -2.42. The molecule has 8 aromatic carbocycles. The van der Waals surface area contributed by atoms with Gasteiger partial charge in [-0.1, -0.05) is 190 Å². The van der Waals surface area contributed by atoms with Crippen molar-refractivity contribution in [3.05, 3.63) is 350 Å². The number of aromatic nitrogens is 4. The van der Waals surface area contributed by atoms with Gasteiger partial charge in [0.15, 0.2) is 0 Å². The summed E-state index contributed by atoms with van der Waals surface area (Å²) in [4.78, 5) is 78.1. The van der Waals surface area contributed by atoms with E-state index in [1.54, 1.807) is 128 Å². The van der Waals surface area contributed by atoms with Crippen LogP contribution in [0.2, 0.25) is 40.2 Å². The number of anilines is 4. The largest absolute Gasteiger partial charge is 0.488 e. The molecule has 3 aliphatic heterocycles. The topological polar surface area (TPSA) is 299 Å². The van der Waals surface area contributed by atoms with Crippen molar-refractivity contribution in [2.45, 2.75) is 59.0 Å². The Morgan fingerprint density at radius 3 is 0.870 bits per heavy atom. The van der Waals surface area contributed by atoms with E-state index in [9.17, 15) is 19.2 Å². The first kappa shape index (κ1) is 90.1. The zero-order valence-corrected chi connectivity index (χ0v) is 72.4. The van der Waals surface area contributed by atoms with Crippen molar-refractivity contribution >= 4 is 163 Å². The second kappa shape index (κ2) is 44.1. The zero-order valence-electron chi connectivity index (χ0n) is 66.4. The van der Waals surface area contributed by atoms with Gasteiger partial charge in [0.05, 0.1) is 48.9 Å². The Balaban J connectivity index is 0.000000150. The molecule has 12 aromatic rings. The van der Waals surface area contributed by atoms with Crippen LogP contribution in [0, 0.1) is 16.2 Å². The average Bonchev–Trinajstić information content (AvgIpc) is 1.83. The summed E-state index contributed by atoms with van der Waals surface area (Å²) in [6.07, 6.45) is 10.5. The molecule has 0 radical (unpaired) electrons. The number of amidine groups is 3. The van der Waals surface area contributed by atoms with Gasteiger partial charge >= 0.3 is 0 Å². The summed E-state index contributed by atoms with van der Waals surface area (Å²) in [7, 11) is 2.04. The fourth-order valence-electron chi connectivity index (χ4n) is 12.4. The number of likely N-dealkylation sites (tertiary alicyclic amines) is 2. The second-order valence-electron chi connectivity index (χ2n) is 28.1. The molecule has 0 spiro atoms. The van der Waals surface area contributed by atoms with E-state index < -0.39 is 0 Å². The van der Waals surface area contributed by atoms with Crippen molar-refractivity contribution in [3.63, 3.8) is 0 Å². The maximum atomic E-state index is 12.8. The number of carbonyl (C=O) groups excluding carboxylic acids is 4. The number of pyridine rings is 4. The molecule has 7 heterocycles. The number of ether oxygens (including phenoxy) is 4. The first-order valence-corrected chi connectivity index (χ1v) is 41.7. The van der Waals surface area contributed by atoms with E-state index in [-0.39, 0.29) is 43.4 Å². The Bertz CT molecular complexity index is 5760. The van der Waals surface area contributed by atoms with Gasteiger partial charge < -0.3 is 60.3 Å². The van der Waals surface area contributed by atoms with E-state index in [2.05, 4.69) is 56.0 Å². The number of aliphatic imine (C=N–C) groups is 1. The van der Waals surface area contributed by atoms with Crippen molar-refractivity contribution in [2.24, 2.45) is 4.99 Å². The fraction of sp³-hybridized carbons (Fsp3) is 0.174. The maximum Gasteiger partial charge on any atom is 0.260 e. The fourth-order valence-corrected chi connectivity index (χ4v) is 13.5. The van der Waals surface area contributed by atoms with Gasteiger partial charge in [-0.05, 0) is 182 Å². The van der Waals surface area contributed by atoms with Crippen LogP contribution in [0.4, 0.5) is 23.3 Å². The molecule has 0 saturated carbocycles. The molecular weight excluding hydrogens is 1730 g/mol. The van der Waals surface area contributed by atoms with Crippen LogP contribution < -0.4 is 40.2 Å². The van der Waals surface area contributed by atoms with Gasteiger partial charge in [-0.25, -0.2) is 19.9 Å². The number of amides is 4. The number of carbonyl (C=O) groups is 4. The molecule has 31 heteroatoms. The van der Waals surface area contributed by atoms with Crippen molar-refractivity contribution in [3.8, 4) is 23.0 Å². The number of nitrogens with one attached hydrogen (secondary N) is 7. The molecule has 2 saturated heterocycles. The number of nitrogens with zero attached hydrogens (tertiary/aromatic N) is 8. The minimum absolute atomic E-state index is 0.276. The first-order valence-electron chi connectivity index (χ1n) is 38.7. The van der Waals surface area contributed by atoms with E-state index in [1.807, 2.05) is 109 Å². The minimum atomic E-state index is -0.387. The molecule has 0 unspecified atom stereocenters. The standard InChI is InChI=1S/C25H24Cl2N4O2.2C23H20Cl2N4O2.C21H17Cl2N3O2/c26-19-8-10-22(21(14-19)25(32)30-23-11-9-20(27)15-29-23)33-16-17-4-6-18(7-5-17)24(28)31-12-2-1-3-13-31;1-29-11-10-26-22(29)16-4-2-15(3-5-16)14-31-20-8-6-17(24)12-19(20)23(30)28-21-9-7-18(25)13-27-21;24-17-6-8-20(19(12-17)23(30)28-21-9-7-18(25)13-27-21)31-14-15-2-4-16(5-3-15)22(26)29-10-1-11-29;1-13(24)15-4-2-14(3-5-15)12-28-19-8-6-16(22)10-18(19)21(27)26-20-9-7-17(23)11-25-20/h4-11,14-15,28H,1-3,12-13,16H2,(H,29,30,32);2-9,12-13H,10-11,14H2,1H3,(H,27,28,30);2-9,12-13,26H,1,10-11,14H2,(H,27,28,30);2-11,24H,12H2,1H3,(H,25,26,27). The van der Waals surface area contributed by atoms with E-state index in [4.69, 9.17) is 128 Å². The normalized spacial score (nSPS) is 12.5. The van der Waals surface area contributed by atoms with Gasteiger partial charge in [-0.3, -0.25) is 35.0 Å². The third kappa shape index (κ3) is 26.4. The Labute approximate surface area is 751 Å². The molecular formula is C92H81Cl8N15O8. The first-order chi connectivity index (χ1) is 59.4. The highest BCUT2D eigenvalue weighted by atomic mass is 35.5. The highest BCUT2D eigenvalue weighted by molar-refractivity contribution is 6.33. The zero-order chi connectivity index (χ0) is 86.9. The summed E-state index contributed by atoms with van der Waals surface area (Å²) < 4.78 is 23.6. The van der Waals surface area contributed by atoms with Crippen molar-refractivity contribution in [1.29, 1.82) is 16.2 Å². The molecule has 628 valence electrons. The highest BCUT2D eigenvalue weighted by Gasteiger charge is 2.23. The quantitative estimate of drug-likeness (QED) is 0.0219. The minimum Gasteiger partial charge on any atom is -0.488 e. The number of hydrogen-bond acceptors (Lipinski definition) is 17. The highest BCUT2D eigenvalue weighted by Crippen LogP contribution is 2.32. The van der Waals surface area contributed by atoms with E-state index in [0.29, 0.717) is 133 Å². The number of likely N-dealkylation sites (N-methyl/N-ethyl adjacent to an activating group) is 1. The summed E-state index contributed by atoms with van der Waals surface area (Å²) in [6, 6.07) is 63.7. The monoisotopic (exact) mass is 1800 g/mol. The van der Waals surface area contributed by atoms with Crippen LogP contribution in [0.5, 0.6) is 23.0 Å². The Hall–Kier alpha value is -12.2. The van der Waals surface area contributed by atoms with Gasteiger partial charge in [-0.2, -0.15) is 0 Å². The Kier molecular flexibility index (Phi) is 32.3. The SMILES string of the molecule is CC(=N)c1ccc(COc2ccc(Cl)cc2C(=O)Nc2ccc(Cl)cn2)cc1.CN1CCN=C1c1ccc(COc2ccc(Cl)cc2C(=O)Nc2ccc(Cl)cn2)cc1.N=C(c1ccc(COc2ccc(Cl)cc2C(=O)Nc2ccc(Cl)cn2)cc1)N1CCC1.N=C(c1ccc(COc2ccc(Cl)cc2C(=O)Nc2ccc(Cl)cn2)cc1)N1CCCCC1. The predicted molar refractivity (Wildman–Crippen MR) is 490 cm³/mol. The molecule has 23 nitrogen and oxygen atoms in total. The number of rotatable bonds is 24. The van der Waals surface area contributed by atoms with Crippen molar-refractivity contribution in [2.75, 3.05) is 67.6 Å². The van der Waals surface area contributed by atoms with E-state index in [0.717, 1.165) is 109 Å². The van der Waals surface area contributed by atoms with Crippen LogP contribution >= 0.6 is 92.8 Å². The average molecular weight is 1810 g/mol. The molecule has 0 bridgehead atoms. The second-order valence-corrected chi connectivity index (χ2v) is 31.6. The molecule has 7 N–H and O–H groups in total. The number of piperidine rings is 1. The summed E-state index contributed by atoms with van der Waals surface area (Å²) in [5.41, 5.74) is 9.20. The van der Waals surface area contributed by atoms with Gasteiger partial charge in [0.2, 0.25) is 0 Å². The molecule has 123 heavy (non-hydrogen) atoms. The van der Waals surface area contributed by atoms with Crippen LogP contribution in [0.3, 0.4) is 0 Å². The number of hydrogen-bond donors (Lipinski definition) is 7. The van der Waals surface area contributed by atoms with Crippen LogP contribution in [0.25, 0.3) is 0 Å². The molecule has 2 fully saturated rings. The molecule has 0 atom stereocenters. The lowest BCUT2D eigenvalue weighted by molar-refractivity contribution is 0.101. The lowest BCUT2D eigenvalue weighted by atomic mass is 10.1. The van der Waals surface area contributed by atoms with Gasteiger partial charge in [0.25, 0.3) is 23.6 Å². The van der Waals surface area contributed by atoms with Crippen molar-refractivity contribution < 1.29 is 38.1 Å². The molecule has 3 aliphatic rings. The third-order valence-corrected chi connectivity index (χ3v) is 21.0. The molecule has 4 amide bonds. The van der Waals surface area contributed by atoms with Crippen LogP contribution in [0.15, 0.2) is 248 Å². The Morgan fingerprint density at radius 2 is 0.618 bits per heavy atom. The van der Waals surface area contributed by atoms with E-state index >= 15 is 0 Å². The summed E-state index contributed by atoms with van der Waals surface area (Å²) in [5, 5.41) is 38.8. The van der Waals surface area contributed by atoms with Gasteiger partial charge in [-0.15, -0.1) is 0 Å². The lowest BCUT2D eigenvalue weighted by Gasteiger charge is -2.33. The summed E-state index contributed by atoms with van der Waals surface area (Å²) >= 11 is 47.7. The molecule has 15 rings (SSSR count). The maximum absolute atomic E-state index is 12.8. The Morgan fingerprint density at radius 1 is 0.341 bits per heavy atom. The number of benzene rings is 8. The molecule has 0 aliphatic carbocycles. The smallest absolute Gasteiger partial charge is 0.260 e. The summed E-state index contributed by atoms with van der Waals surface area (Å²) in [5.74, 6) is 3.76. The predicted octanol–water partition coefficient (Wildman–Crippen LogP) is 21.8. The number of halogens is 8. The van der Waals surface area contributed by atoms with E-state index in [1.165, 1.54) is 31.2 Å². The summed E-state index contributed by atoms with van der Waals surface area (Å²) in [6.45, 7) is 8.40. The van der Waals surface area contributed by atoms with Crippen molar-refractivity contribution in [1.82, 2.24) is 34.6 Å². The van der Waals surface area contributed by atoms with Crippen LogP contribution in [0.1, 0.15) is 119 Å². The van der Waals surface area contributed by atoms with Crippen LogP contribution in [-0.2, 0) is 26.4 Å². The van der Waals surface area contributed by atoms with Gasteiger partial charge in [0.1, 0.15) is 90.2 Å². The third-order valence-electron chi connectivity index (χ3n) is 19.2.